The van der Waals surface area contributed by atoms with E-state index in [0.29, 0.717) is 22.0 Å². The minimum absolute atomic E-state index is 0.0692. The maximum atomic E-state index is 12.9. The fourth-order valence-corrected chi connectivity index (χ4v) is 3.35. The predicted octanol–water partition coefficient (Wildman–Crippen LogP) is 2.59. The van der Waals surface area contributed by atoms with Crippen molar-refractivity contribution in [1.82, 2.24) is 11.1 Å². The molecule has 1 aromatic carbocycles. The zero-order valence-electron chi connectivity index (χ0n) is 16.1. The Labute approximate surface area is 169 Å². The molecule has 0 saturated heterocycles. The largest absolute Gasteiger partial charge is 0.466 e. The van der Waals surface area contributed by atoms with E-state index < -0.39 is 17.9 Å². The second-order valence-electron chi connectivity index (χ2n) is 6.03. The van der Waals surface area contributed by atoms with Gasteiger partial charge in [0.15, 0.2) is 0 Å². The van der Waals surface area contributed by atoms with Crippen LogP contribution in [0.5, 0.6) is 0 Å². The second kappa shape index (κ2) is 10.3. The lowest BCUT2D eigenvalue weighted by Gasteiger charge is -2.31. The van der Waals surface area contributed by atoms with E-state index >= 15 is 0 Å². The molecular weight excluding hydrogens is 384 g/mol. The fraction of sp³-hybridized carbons (Fsp3) is 0.400. The Morgan fingerprint density at radius 3 is 2.54 bits per heavy atom. The number of halogens is 1. The quantitative estimate of drug-likeness (QED) is 0.525. The van der Waals surface area contributed by atoms with Crippen LogP contribution in [0.4, 0.5) is 0 Å². The molecule has 0 amide bonds. The van der Waals surface area contributed by atoms with Crippen LogP contribution < -0.4 is 11.1 Å². The average molecular weight is 408 g/mol. The van der Waals surface area contributed by atoms with Crippen molar-refractivity contribution in [3.63, 3.8) is 0 Å². The van der Waals surface area contributed by atoms with Gasteiger partial charge in [0.2, 0.25) is 0 Å². The highest BCUT2D eigenvalue weighted by molar-refractivity contribution is 6.31. The maximum absolute atomic E-state index is 12.9. The molecule has 1 heterocycles. The summed E-state index contributed by atoms with van der Waals surface area (Å²) in [5.74, 6) is -1.91. The zero-order valence-corrected chi connectivity index (χ0v) is 16.9. The molecule has 0 fully saturated rings. The Balaban J connectivity index is 2.67. The third-order valence-electron chi connectivity index (χ3n) is 4.25. The molecule has 151 valence electrons. The lowest BCUT2D eigenvalue weighted by atomic mass is 9.80. The molecule has 1 unspecified atom stereocenters. The summed E-state index contributed by atoms with van der Waals surface area (Å²) >= 11 is 6.41. The van der Waals surface area contributed by atoms with Crippen molar-refractivity contribution in [2.45, 2.75) is 19.8 Å². The lowest BCUT2D eigenvalue weighted by molar-refractivity contribution is -0.139. The van der Waals surface area contributed by atoms with Crippen LogP contribution in [0.15, 0.2) is 46.8 Å². The molecule has 1 radical (unpaired) electrons. The first kappa shape index (κ1) is 21.9. The number of carbonyl (C=O) groups is 2. The van der Waals surface area contributed by atoms with Gasteiger partial charge >= 0.3 is 11.9 Å². The first-order valence-corrected chi connectivity index (χ1v) is 9.27. The molecule has 2 N–H and O–H groups in total. The number of hydrogen-bond donors (Lipinski definition) is 1. The molecule has 0 bridgehead atoms. The monoisotopic (exact) mass is 407 g/mol. The number of allylic oxidation sites excluding steroid dienone is 1. The van der Waals surface area contributed by atoms with E-state index in [1.807, 2.05) is 0 Å². The van der Waals surface area contributed by atoms with E-state index in [1.165, 1.54) is 7.11 Å². The molecule has 0 spiro atoms. The summed E-state index contributed by atoms with van der Waals surface area (Å²) in [4.78, 5) is 25.4. The number of hydrogen-bond acceptors (Lipinski definition) is 6. The number of rotatable bonds is 8. The highest BCUT2D eigenvalue weighted by Crippen LogP contribution is 2.41. The van der Waals surface area contributed by atoms with Crippen LogP contribution >= 0.6 is 11.6 Å². The number of nitrogens with one attached hydrogen (secondary N) is 2. The Hall–Kier alpha value is -2.35. The Kier molecular flexibility index (Phi) is 8.04. The van der Waals surface area contributed by atoms with E-state index in [-0.39, 0.29) is 37.5 Å². The molecule has 1 aliphatic heterocycles. The van der Waals surface area contributed by atoms with Crippen LogP contribution in [0.1, 0.15) is 25.3 Å². The summed E-state index contributed by atoms with van der Waals surface area (Å²) in [7, 11) is 1.28. The van der Waals surface area contributed by atoms with Crippen molar-refractivity contribution < 1.29 is 23.8 Å². The molecule has 0 saturated carbocycles. The summed E-state index contributed by atoms with van der Waals surface area (Å²) in [5, 5.41) is 3.49. The summed E-state index contributed by atoms with van der Waals surface area (Å²) in [6.07, 6.45) is 0. The van der Waals surface area contributed by atoms with E-state index in [9.17, 15) is 9.59 Å². The number of carbonyl (C=O) groups excluding carboxylic acids is 2. The molecule has 7 nitrogen and oxygen atoms in total. The molecule has 2 rings (SSSR count). The van der Waals surface area contributed by atoms with E-state index in [0.717, 1.165) is 0 Å². The Bertz CT molecular complexity index is 804. The van der Waals surface area contributed by atoms with Crippen LogP contribution in [-0.2, 0) is 23.8 Å². The molecule has 28 heavy (non-hydrogen) atoms. The van der Waals surface area contributed by atoms with Gasteiger partial charge < -0.3 is 19.5 Å². The van der Waals surface area contributed by atoms with Crippen molar-refractivity contribution in [3.8, 4) is 0 Å². The number of ether oxygens (including phenoxy) is 3. The smallest absolute Gasteiger partial charge is 0.336 e. The minimum atomic E-state index is -0.768. The number of methoxy groups -OCH3 is 1. The summed E-state index contributed by atoms with van der Waals surface area (Å²) < 4.78 is 15.7. The fourth-order valence-electron chi connectivity index (χ4n) is 3.11. The predicted molar refractivity (Wildman–Crippen MR) is 104 cm³/mol. The number of benzene rings is 1. The van der Waals surface area contributed by atoms with Crippen molar-refractivity contribution >= 4 is 23.5 Å². The zero-order chi connectivity index (χ0) is 20.7. The van der Waals surface area contributed by atoms with E-state index in [2.05, 4.69) is 5.32 Å². The number of dihydropyridines is 1. The first-order valence-electron chi connectivity index (χ1n) is 8.89. The van der Waals surface area contributed by atoms with Crippen molar-refractivity contribution in [2.24, 2.45) is 0 Å². The highest BCUT2D eigenvalue weighted by Gasteiger charge is 2.39. The van der Waals surface area contributed by atoms with Gasteiger partial charge in [0.05, 0.1) is 49.7 Å². The van der Waals surface area contributed by atoms with Gasteiger partial charge in [0.25, 0.3) is 0 Å². The van der Waals surface area contributed by atoms with Crippen LogP contribution in [0.2, 0.25) is 5.02 Å². The Morgan fingerprint density at radius 2 is 1.93 bits per heavy atom. The Morgan fingerprint density at radius 1 is 1.21 bits per heavy atom. The molecule has 1 aliphatic rings. The average Bonchev–Trinajstić information content (AvgIpc) is 2.67. The lowest BCUT2D eigenvalue weighted by Crippen LogP contribution is -2.35. The van der Waals surface area contributed by atoms with Crippen LogP contribution in [-0.4, -0.2) is 45.4 Å². The van der Waals surface area contributed by atoms with Gasteiger partial charge in [-0.2, -0.15) is 0 Å². The first-order chi connectivity index (χ1) is 13.5. The van der Waals surface area contributed by atoms with Crippen LogP contribution in [0.3, 0.4) is 0 Å². The summed E-state index contributed by atoms with van der Waals surface area (Å²) in [5.41, 5.74) is 9.36. The second-order valence-corrected chi connectivity index (χ2v) is 6.43. The van der Waals surface area contributed by atoms with Crippen molar-refractivity contribution in [1.29, 1.82) is 0 Å². The van der Waals surface area contributed by atoms with Gasteiger partial charge in [-0.3, -0.25) is 5.73 Å². The third kappa shape index (κ3) is 4.73. The van der Waals surface area contributed by atoms with Crippen molar-refractivity contribution in [3.05, 3.63) is 57.4 Å². The SMILES string of the molecule is CCOC(=O)C1=C(COCC[NH])NC(C)=C(C(=O)OC)C1c1ccccc1Cl. The highest BCUT2D eigenvalue weighted by atomic mass is 35.5. The molecule has 0 aromatic heterocycles. The van der Waals surface area contributed by atoms with Gasteiger partial charge in [-0.15, -0.1) is 0 Å². The summed E-state index contributed by atoms with van der Waals surface area (Å²) in [6.45, 7) is 3.98. The van der Waals surface area contributed by atoms with E-state index in [1.54, 1.807) is 38.1 Å². The number of esters is 2. The van der Waals surface area contributed by atoms with Crippen LogP contribution in [0, 0.1) is 0 Å². The molecular formula is C20H24ClN2O5. The van der Waals surface area contributed by atoms with Gasteiger partial charge in [-0.25, -0.2) is 9.59 Å². The topological polar surface area (TPSA) is 97.7 Å². The third-order valence-corrected chi connectivity index (χ3v) is 4.60. The molecule has 1 aromatic rings. The van der Waals surface area contributed by atoms with Gasteiger partial charge in [0.1, 0.15) is 0 Å². The molecule has 0 aliphatic carbocycles. The standard InChI is InChI=1S/C20H24ClN2O5/c1-4-28-20(25)18-15(11-27-10-9-22)23-12(2)16(19(24)26-3)17(18)13-7-5-6-8-14(13)21/h5-8,17,22-23H,4,9-11H2,1-3H3. The maximum Gasteiger partial charge on any atom is 0.336 e. The van der Waals surface area contributed by atoms with Crippen molar-refractivity contribution in [2.75, 3.05) is 33.5 Å². The van der Waals surface area contributed by atoms with Gasteiger partial charge in [0, 0.05) is 17.3 Å². The normalized spacial score (nSPS) is 16.7. The summed E-state index contributed by atoms with van der Waals surface area (Å²) in [6, 6.07) is 7.01. The molecule has 1 atom stereocenters. The molecule has 8 heteroatoms. The minimum Gasteiger partial charge on any atom is -0.466 e. The van der Waals surface area contributed by atoms with Crippen LogP contribution in [0.25, 0.3) is 0 Å². The van der Waals surface area contributed by atoms with E-state index in [4.69, 9.17) is 31.5 Å². The van der Waals surface area contributed by atoms with Gasteiger partial charge in [-0.05, 0) is 25.5 Å². The van der Waals surface area contributed by atoms with Gasteiger partial charge in [-0.1, -0.05) is 29.8 Å².